The van der Waals surface area contributed by atoms with Crippen LogP contribution in [0.15, 0.2) is 35.3 Å². The Bertz CT molecular complexity index is 1140. The largest absolute Gasteiger partial charge is 0.367 e. The number of rotatable bonds is 5. The molecule has 3 aromatic rings. The van der Waals surface area contributed by atoms with Gasteiger partial charge in [0.1, 0.15) is 11.2 Å². The third-order valence-corrected chi connectivity index (χ3v) is 5.81. The normalized spacial score (nSPS) is 17.1. The molecular formula is C22H27N7O2. The van der Waals surface area contributed by atoms with E-state index in [4.69, 9.17) is 0 Å². The number of aromatic nitrogens is 4. The molecule has 3 aromatic heterocycles. The molecule has 31 heavy (non-hydrogen) atoms. The van der Waals surface area contributed by atoms with Crippen LogP contribution in [0.25, 0.3) is 11.0 Å². The maximum atomic E-state index is 12.1. The molecule has 0 bridgehead atoms. The van der Waals surface area contributed by atoms with Crippen molar-refractivity contribution in [3.63, 3.8) is 0 Å². The monoisotopic (exact) mass is 421 g/mol. The zero-order chi connectivity index (χ0) is 22.0. The summed E-state index contributed by atoms with van der Waals surface area (Å²) in [5.41, 5.74) is 4.35. The van der Waals surface area contributed by atoms with Crippen LogP contribution in [-0.4, -0.2) is 63.7 Å². The molecule has 1 aliphatic heterocycles. The van der Waals surface area contributed by atoms with Crippen molar-refractivity contribution in [2.24, 2.45) is 0 Å². The average molecular weight is 422 g/mol. The van der Waals surface area contributed by atoms with Crippen molar-refractivity contribution < 1.29 is 4.79 Å². The fourth-order valence-electron chi connectivity index (χ4n) is 3.93. The van der Waals surface area contributed by atoms with E-state index in [9.17, 15) is 9.59 Å². The van der Waals surface area contributed by atoms with Crippen molar-refractivity contribution >= 4 is 22.6 Å². The van der Waals surface area contributed by atoms with E-state index in [1.165, 1.54) is 0 Å². The molecule has 4 rings (SSSR count). The maximum absolute atomic E-state index is 12.1. The van der Waals surface area contributed by atoms with E-state index in [0.29, 0.717) is 30.2 Å². The predicted octanol–water partition coefficient (Wildman–Crippen LogP) is 1.35. The Morgan fingerprint density at radius 2 is 2.10 bits per heavy atom. The lowest BCUT2D eigenvalue weighted by Gasteiger charge is -2.40. The lowest BCUT2D eigenvalue weighted by molar-refractivity contribution is 0.0958. The average Bonchev–Trinajstić information content (AvgIpc) is 2.79. The number of anilines is 1. The zero-order valence-electron chi connectivity index (χ0n) is 18.1. The Morgan fingerprint density at radius 3 is 2.77 bits per heavy atom. The van der Waals surface area contributed by atoms with Gasteiger partial charge in [-0.2, -0.15) is 5.10 Å². The molecule has 0 aromatic carbocycles. The Kier molecular flexibility index (Phi) is 5.94. The number of nitrogens with one attached hydrogen (secondary N) is 2. The highest BCUT2D eigenvalue weighted by Gasteiger charge is 2.25. The van der Waals surface area contributed by atoms with E-state index in [1.54, 1.807) is 19.3 Å². The molecule has 2 N–H and O–H groups in total. The number of H-pyrrole nitrogens is 1. The molecule has 1 saturated heterocycles. The van der Waals surface area contributed by atoms with Crippen LogP contribution in [-0.2, 0) is 13.0 Å². The number of hydrogen-bond donors (Lipinski definition) is 2. The van der Waals surface area contributed by atoms with Gasteiger partial charge in [0.15, 0.2) is 0 Å². The Balaban J connectivity index is 1.43. The minimum Gasteiger partial charge on any atom is -0.367 e. The van der Waals surface area contributed by atoms with E-state index < -0.39 is 0 Å². The minimum atomic E-state index is -0.187. The quantitative estimate of drug-likeness (QED) is 0.640. The van der Waals surface area contributed by atoms with Crippen molar-refractivity contribution in [2.45, 2.75) is 32.9 Å². The van der Waals surface area contributed by atoms with E-state index in [-0.39, 0.29) is 11.5 Å². The molecule has 1 unspecified atom stereocenters. The summed E-state index contributed by atoms with van der Waals surface area (Å²) in [6, 6.07) is 7.72. The number of amides is 1. The lowest BCUT2D eigenvalue weighted by Crippen LogP contribution is -2.51. The van der Waals surface area contributed by atoms with Gasteiger partial charge in [0, 0.05) is 44.8 Å². The second-order valence-corrected chi connectivity index (χ2v) is 7.86. The molecule has 1 aliphatic rings. The number of pyridine rings is 2. The summed E-state index contributed by atoms with van der Waals surface area (Å²) < 4.78 is 0. The Hall–Kier alpha value is -3.33. The summed E-state index contributed by atoms with van der Waals surface area (Å²) >= 11 is 0. The summed E-state index contributed by atoms with van der Waals surface area (Å²) in [5, 5.41) is 11.3. The molecule has 0 radical (unpaired) electrons. The first kappa shape index (κ1) is 20.9. The molecule has 0 spiro atoms. The Labute approximate surface area is 180 Å². The van der Waals surface area contributed by atoms with Crippen molar-refractivity contribution in [1.29, 1.82) is 0 Å². The van der Waals surface area contributed by atoms with Crippen molar-refractivity contribution in [1.82, 2.24) is 30.4 Å². The highest BCUT2D eigenvalue weighted by molar-refractivity contribution is 5.92. The first-order valence-electron chi connectivity index (χ1n) is 10.5. The van der Waals surface area contributed by atoms with Crippen LogP contribution in [0.3, 0.4) is 0 Å². The number of carbonyl (C=O) groups is 1. The first-order valence-corrected chi connectivity index (χ1v) is 10.5. The maximum Gasteiger partial charge on any atom is 0.269 e. The van der Waals surface area contributed by atoms with Gasteiger partial charge in [0.05, 0.1) is 23.1 Å². The Morgan fingerprint density at radius 1 is 1.26 bits per heavy atom. The van der Waals surface area contributed by atoms with Crippen LogP contribution in [0, 0.1) is 0 Å². The standard InChI is InChI=1S/C22H27N7O2/c1-4-15-9-20-19(25-21(15)30)10-16(26-27-20)13-28-7-8-29(12-14(28)2)17-5-6-18(24-11-17)22(31)23-3/h5-6,9-11,14H,4,7-8,12-13H2,1-3H3,(H,23,31)(H,25,30). The van der Waals surface area contributed by atoms with Crippen LogP contribution in [0.5, 0.6) is 0 Å². The molecule has 1 atom stereocenters. The number of carbonyl (C=O) groups excluding carboxylic acids is 1. The molecular weight excluding hydrogens is 394 g/mol. The molecule has 162 valence electrons. The highest BCUT2D eigenvalue weighted by atomic mass is 16.1. The van der Waals surface area contributed by atoms with E-state index in [0.717, 1.165) is 42.1 Å². The topological polar surface area (TPSA) is 107 Å². The van der Waals surface area contributed by atoms with Gasteiger partial charge in [-0.15, -0.1) is 5.10 Å². The van der Waals surface area contributed by atoms with Gasteiger partial charge in [-0.1, -0.05) is 6.92 Å². The van der Waals surface area contributed by atoms with Gasteiger partial charge in [-0.25, -0.2) is 4.98 Å². The van der Waals surface area contributed by atoms with Crippen molar-refractivity contribution in [2.75, 3.05) is 31.6 Å². The zero-order valence-corrected chi connectivity index (χ0v) is 18.1. The molecule has 1 fully saturated rings. The third-order valence-electron chi connectivity index (χ3n) is 5.81. The summed E-state index contributed by atoms with van der Waals surface area (Å²) in [6.45, 7) is 7.36. The summed E-state index contributed by atoms with van der Waals surface area (Å²) in [6.07, 6.45) is 2.42. The van der Waals surface area contributed by atoms with Gasteiger partial charge >= 0.3 is 0 Å². The third kappa shape index (κ3) is 4.41. The molecule has 9 heteroatoms. The number of piperazine rings is 1. The molecule has 0 aliphatic carbocycles. The fraction of sp³-hybridized carbons (Fsp3) is 0.409. The van der Waals surface area contributed by atoms with Gasteiger partial charge in [-0.05, 0) is 37.6 Å². The minimum absolute atomic E-state index is 0.0630. The second-order valence-electron chi connectivity index (χ2n) is 7.86. The second kappa shape index (κ2) is 8.81. The van der Waals surface area contributed by atoms with Gasteiger partial charge in [0.25, 0.3) is 11.5 Å². The van der Waals surface area contributed by atoms with E-state index in [1.807, 2.05) is 25.1 Å². The van der Waals surface area contributed by atoms with Gasteiger partial charge in [-0.3, -0.25) is 14.5 Å². The highest BCUT2D eigenvalue weighted by Crippen LogP contribution is 2.20. The summed E-state index contributed by atoms with van der Waals surface area (Å²) in [7, 11) is 1.60. The molecule has 4 heterocycles. The van der Waals surface area contributed by atoms with Crippen LogP contribution >= 0.6 is 0 Å². The number of fused-ring (bicyclic) bond motifs is 1. The number of hydrogen-bond acceptors (Lipinski definition) is 7. The fourth-order valence-corrected chi connectivity index (χ4v) is 3.93. The number of aromatic amines is 1. The molecule has 0 saturated carbocycles. The lowest BCUT2D eigenvalue weighted by atomic mass is 10.1. The SMILES string of the molecule is CCc1cc2nnc(CN3CCN(c4ccc(C(=O)NC)nc4)CC3C)cc2[nH]c1=O. The number of nitrogens with zero attached hydrogens (tertiary/aromatic N) is 5. The molecule has 9 nitrogen and oxygen atoms in total. The van der Waals surface area contributed by atoms with Crippen LogP contribution in [0.2, 0.25) is 0 Å². The van der Waals surface area contributed by atoms with Crippen LogP contribution < -0.4 is 15.8 Å². The summed E-state index contributed by atoms with van der Waals surface area (Å²) in [5.74, 6) is -0.187. The van der Waals surface area contributed by atoms with Crippen LogP contribution in [0.4, 0.5) is 5.69 Å². The summed E-state index contributed by atoms with van der Waals surface area (Å²) in [4.78, 5) is 35.6. The van der Waals surface area contributed by atoms with E-state index in [2.05, 4.69) is 42.2 Å². The van der Waals surface area contributed by atoms with Crippen LogP contribution in [0.1, 0.15) is 35.6 Å². The molecule has 1 amide bonds. The van der Waals surface area contributed by atoms with Crippen molar-refractivity contribution in [3.8, 4) is 0 Å². The van der Waals surface area contributed by atoms with E-state index >= 15 is 0 Å². The van der Waals surface area contributed by atoms with Crippen molar-refractivity contribution in [3.05, 3.63) is 57.8 Å². The predicted molar refractivity (Wildman–Crippen MR) is 119 cm³/mol. The van der Waals surface area contributed by atoms with Gasteiger partial charge < -0.3 is 15.2 Å². The smallest absolute Gasteiger partial charge is 0.269 e. The van der Waals surface area contributed by atoms with Gasteiger partial charge in [0.2, 0.25) is 0 Å². The number of aryl methyl sites for hydroxylation is 1. The first-order chi connectivity index (χ1) is 15.0.